The second-order valence-electron chi connectivity index (χ2n) is 11.4. The number of imide groups is 1. The third kappa shape index (κ3) is 7.41. The molecule has 2 atom stereocenters. The van der Waals surface area contributed by atoms with Crippen molar-refractivity contribution in [1.29, 1.82) is 0 Å². The molecule has 1 aliphatic rings. The van der Waals surface area contributed by atoms with Crippen LogP contribution in [-0.2, 0) is 19.1 Å². The normalized spacial score (nSPS) is 14.9. The first-order chi connectivity index (χ1) is 18.2. The van der Waals surface area contributed by atoms with Crippen LogP contribution in [-0.4, -0.2) is 77.2 Å². The number of rotatable bonds is 11. The number of fused-ring (bicyclic) bond motifs is 2. The second-order valence-corrected chi connectivity index (χ2v) is 11.4. The molecule has 0 fully saturated rings. The Labute approximate surface area is 228 Å². The summed E-state index contributed by atoms with van der Waals surface area (Å²) >= 11 is 0. The van der Waals surface area contributed by atoms with E-state index in [0.29, 0.717) is 17.5 Å². The molecular formula is C29H38N4O6. The number of amides is 4. The molecule has 1 heterocycles. The summed E-state index contributed by atoms with van der Waals surface area (Å²) in [6, 6.07) is 9.07. The largest absolute Gasteiger partial charge is 0.459 e. The minimum absolute atomic E-state index is 0.0291. The minimum atomic E-state index is -0.998. The molecule has 0 aromatic heterocycles. The highest BCUT2D eigenvalue weighted by Crippen LogP contribution is 2.28. The van der Waals surface area contributed by atoms with E-state index in [2.05, 4.69) is 5.32 Å². The van der Waals surface area contributed by atoms with E-state index >= 15 is 0 Å². The van der Waals surface area contributed by atoms with Gasteiger partial charge in [0, 0.05) is 13.6 Å². The zero-order chi connectivity index (χ0) is 29.1. The fraction of sp³-hybridized carbons (Fsp3) is 0.483. The van der Waals surface area contributed by atoms with Crippen LogP contribution in [0.2, 0.25) is 0 Å². The van der Waals surface area contributed by atoms with Crippen LogP contribution in [0.5, 0.6) is 0 Å². The number of nitrogens with one attached hydrogen (secondary N) is 1. The molecule has 0 radical (unpaired) electrons. The van der Waals surface area contributed by atoms with Crippen molar-refractivity contribution in [1.82, 2.24) is 15.1 Å². The summed E-state index contributed by atoms with van der Waals surface area (Å²) in [7, 11) is 1.47. The standard InChI is InChI=1S/C29H38N4O6/c1-17(2)13-23(27(37)32(6)16-24(30)34)31-22(28(38)39-29(3,4)5)11-12-33-25(35)20-14-18-9-7-8-10-19(18)15-21(20)26(33)36/h7-10,14-15,17,22-23,31H,11-13,16H2,1-6H3,(H2,30,34)/t22-,23+/m1/s1. The van der Waals surface area contributed by atoms with Crippen molar-refractivity contribution in [3.8, 4) is 0 Å². The highest BCUT2D eigenvalue weighted by molar-refractivity contribution is 6.23. The topological polar surface area (TPSA) is 139 Å². The summed E-state index contributed by atoms with van der Waals surface area (Å²) in [6.07, 6.45) is 0.405. The van der Waals surface area contributed by atoms with Gasteiger partial charge in [-0.3, -0.25) is 34.2 Å². The summed E-state index contributed by atoms with van der Waals surface area (Å²) in [5, 5.41) is 4.80. The Bertz CT molecular complexity index is 1230. The first-order valence-corrected chi connectivity index (χ1v) is 13.1. The van der Waals surface area contributed by atoms with Gasteiger partial charge in [-0.15, -0.1) is 0 Å². The predicted octanol–water partition coefficient (Wildman–Crippen LogP) is 2.48. The Balaban J connectivity index is 1.84. The number of nitrogens with zero attached hydrogens (tertiary/aromatic N) is 2. The smallest absolute Gasteiger partial charge is 0.323 e. The third-order valence-electron chi connectivity index (χ3n) is 6.35. The van der Waals surface area contributed by atoms with Crippen molar-refractivity contribution in [2.75, 3.05) is 20.1 Å². The van der Waals surface area contributed by atoms with E-state index in [1.807, 2.05) is 38.1 Å². The van der Waals surface area contributed by atoms with E-state index in [4.69, 9.17) is 10.5 Å². The fourth-order valence-corrected chi connectivity index (χ4v) is 4.61. The summed E-state index contributed by atoms with van der Waals surface area (Å²) in [5.41, 5.74) is 5.11. The molecule has 39 heavy (non-hydrogen) atoms. The van der Waals surface area contributed by atoms with Crippen LogP contribution in [0, 0.1) is 5.92 Å². The van der Waals surface area contributed by atoms with Crippen LogP contribution >= 0.6 is 0 Å². The molecule has 210 valence electrons. The fourth-order valence-electron chi connectivity index (χ4n) is 4.61. The first kappa shape index (κ1) is 29.8. The maximum Gasteiger partial charge on any atom is 0.323 e. The van der Waals surface area contributed by atoms with Gasteiger partial charge in [0.15, 0.2) is 0 Å². The van der Waals surface area contributed by atoms with E-state index in [9.17, 15) is 24.0 Å². The lowest BCUT2D eigenvalue weighted by molar-refractivity contribution is -0.158. The Morgan fingerprint density at radius 1 is 1.00 bits per heavy atom. The Hall–Kier alpha value is -3.79. The lowest BCUT2D eigenvalue weighted by Gasteiger charge is -2.30. The summed E-state index contributed by atoms with van der Waals surface area (Å²) in [5.74, 6) is -2.44. The lowest BCUT2D eigenvalue weighted by atomic mass is 10.0. The number of carbonyl (C=O) groups is 5. The molecule has 2 aromatic carbocycles. The minimum Gasteiger partial charge on any atom is -0.459 e. The van der Waals surface area contributed by atoms with E-state index in [0.717, 1.165) is 15.7 Å². The lowest BCUT2D eigenvalue weighted by Crippen LogP contribution is -2.54. The van der Waals surface area contributed by atoms with E-state index < -0.39 is 47.3 Å². The Morgan fingerprint density at radius 2 is 1.54 bits per heavy atom. The van der Waals surface area contributed by atoms with Crippen LogP contribution in [0.1, 0.15) is 68.2 Å². The van der Waals surface area contributed by atoms with Crippen molar-refractivity contribution in [2.45, 2.75) is 65.1 Å². The Kier molecular flexibility index (Phi) is 9.11. The van der Waals surface area contributed by atoms with Crippen LogP contribution in [0.4, 0.5) is 0 Å². The van der Waals surface area contributed by atoms with Crippen LogP contribution < -0.4 is 11.1 Å². The molecule has 10 nitrogen and oxygen atoms in total. The molecule has 0 unspecified atom stereocenters. The van der Waals surface area contributed by atoms with E-state index in [1.165, 1.54) is 11.9 Å². The van der Waals surface area contributed by atoms with Crippen molar-refractivity contribution in [3.05, 3.63) is 47.5 Å². The van der Waals surface area contributed by atoms with Gasteiger partial charge in [-0.05, 0) is 62.4 Å². The van der Waals surface area contributed by atoms with Gasteiger partial charge in [0.1, 0.15) is 11.6 Å². The molecule has 4 amide bonds. The molecule has 10 heteroatoms. The molecule has 1 aliphatic heterocycles. The van der Waals surface area contributed by atoms with Gasteiger partial charge in [0.05, 0.1) is 23.7 Å². The Morgan fingerprint density at radius 3 is 2.00 bits per heavy atom. The van der Waals surface area contributed by atoms with Gasteiger partial charge >= 0.3 is 5.97 Å². The number of esters is 1. The molecule has 2 aromatic rings. The number of hydrogen-bond donors (Lipinski definition) is 2. The van der Waals surface area contributed by atoms with Gasteiger partial charge in [0.2, 0.25) is 11.8 Å². The summed E-state index contributed by atoms with van der Waals surface area (Å²) in [4.78, 5) is 66.5. The zero-order valence-electron chi connectivity index (χ0n) is 23.4. The molecule has 0 saturated carbocycles. The average molecular weight is 539 g/mol. The number of benzene rings is 2. The quantitative estimate of drug-likeness (QED) is 0.331. The van der Waals surface area contributed by atoms with Gasteiger partial charge in [-0.1, -0.05) is 38.1 Å². The number of ether oxygens (including phenoxy) is 1. The highest BCUT2D eigenvalue weighted by atomic mass is 16.6. The van der Waals surface area contributed by atoms with Crippen molar-refractivity contribution in [3.63, 3.8) is 0 Å². The van der Waals surface area contributed by atoms with Crippen LogP contribution in [0.3, 0.4) is 0 Å². The average Bonchev–Trinajstić information content (AvgIpc) is 3.06. The van der Waals surface area contributed by atoms with Gasteiger partial charge < -0.3 is 15.4 Å². The summed E-state index contributed by atoms with van der Waals surface area (Å²) in [6.45, 7) is 8.73. The first-order valence-electron chi connectivity index (χ1n) is 13.1. The summed E-state index contributed by atoms with van der Waals surface area (Å²) < 4.78 is 5.60. The zero-order valence-corrected chi connectivity index (χ0v) is 23.4. The number of likely N-dealkylation sites (N-methyl/N-ethyl adjacent to an activating group) is 1. The monoisotopic (exact) mass is 538 g/mol. The molecule has 0 saturated heterocycles. The molecule has 0 aliphatic carbocycles. The van der Waals surface area contributed by atoms with Gasteiger partial charge in [-0.2, -0.15) is 0 Å². The van der Waals surface area contributed by atoms with E-state index in [1.54, 1.807) is 32.9 Å². The molecule has 3 N–H and O–H groups in total. The number of hydrogen-bond acceptors (Lipinski definition) is 7. The molecule has 0 spiro atoms. The molecule has 0 bridgehead atoms. The number of nitrogens with two attached hydrogens (primary N) is 1. The SMILES string of the molecule is CC(C)C[C@H](N[C@H](CCN1C(=O)c2cc3ccccc3cc2C1=O)C(=O)OC(C)(C)C)C(=O)N(C)CC(N)=O. The van der Waals surface area contributed by atoms with Gasteiger partial charge in [0.25, 0.3) is 11.8 Å². The third-order valence-corrected chi connectivity index (χ3v) is 6.35. The van der Waals surface area contributed by atoms with E-state index in [-0.39, 0.29) is 25.4 Å². The molecule has 3 rings (SSSR count). The van der Waals surface area contributed by atoms with Gasteiger partial charge in [-0.25, -0.2) is 0 Å². The van der Waals surface area contributed by atoms with Crippen molar-refractivity contribution >= 4 is 40.4 Å². The second kappa shape index (κ2) is 11.9. The molecular weight excluding hydrogens is 500 g/mol. The number of primary amides is 1. The van der Waals surface area contributed by atoms with Crippen LogP contribution in [0.25, 0.3) is 10.8 Å². The maximum atomic E-state index is 13.2. The van der Waals surface area contributed by atoms with Crippen molar-refractivity contribution in [2.24, 2.45) is 11.7 Å². The maximum absolute atomic E-state index is 13.2. The predicted molar refractivity (Wildman–Crippen MR) is 147 cm³/mol. The van der Waals surface area contributed by atoms with Crippen molar-refractivity contribution < 1.29 is 28.7 Å². The van der Waals surface area contributed by atoms with Crippen LogP contribution in [0.15, 0.2) is 36.4 Å². The highest BCUT2D eigenvalue weighted by Gasteiger charge is 2.38. The number of carbonyl (C=O) groups excluding carboxylic acids is 5.